The number of nitrogens with one attached hydrogen (secondary N) is 1. The van der Waals surface area contributed by atoms with Crippen LogP contribution in [-0.4, -0.2) is 28.8 Å². The van der Waals surface area contributed by atoms with Crippen molar-refractivity contribution in [2.75, 3.05) is 0 Å². The SMILES string of the molecule is C/C=C1/C(=O)NC(=O)N(C(C)C)C1=O. The first-order chi connectivity index (χ1) is 6.49. The Kier molecular flexibility index (Phi) is 2.69. The number of hydrogen-bond donors (Lipinski definition) is 1. The highest BCUT2D eigenvalue weighted by atomic mass is 16.2. The van der Waals surface area contributed by atoms with E-state index in [-0.39, 0.29) is 11.6 Å². The van der Waals surface area contributed by atoms with Crippen LogP contribution >= 0.6 is 0 Å². The van der Waals surface area contributed by atoms with Gasteiger partial charge in [-0.15, -0.1) is 0 Å². The van der Waals surface area contributed by atoms with Crippen molar-refractivity contribution in [1.29, 1.82) is 0 Å². The first-order valence-corrected chi connectivity index (χ1v) is 4.34. The van der Waals surface area contributed by atoms with Gasteiger partial charge in [-0.2, -0.15) is 0 Å². The summed E-state index contributed by atoms with van der Waals surface area (Å²) in [6, 6.07) is -0.911. The third kappa shape index (κ3) is 1.53. The van der Waals surface area contributed by atoms with Crippen molar-refractivity contribution < 1.29 is 14.4 Å². The van der Waals surface area contributed by atoms with Crippen LogP contribution in [0.25, 0.3) is 0 Å². The van der Waals surface area contributed by atoms with Crippen LogP contribution < -0.4 is 5.32 Å². The first kappa shape index (κ1) is 10.4. The van der Waals surface area contributed by atoms with Crippen molar-refractivity contribution in [3.63, 3.8) is 0 Å². The predicted octanol–water partition coefficient (Wildman–Crippen LogP) is 0.420. The van der Waals surface area contributed by atoms with Gasteiger partial charge in [-0.3, -0.25) is 19.8 Å². The van der Waals surface area contributed by atoms with Crippen molar-refractivity contribution in [2.45, 2.75) is 26.8 Å². The number of nitrogens with zero attached hydrogens (tertiary/aromatic N) is 1. The predicted molar refractivity (Wildman–Crippen MR) is 49.3 cm³/mol. The molecule has 14 heavy (non-hydrogen) atoms. The lowest BCUT2D eigenvalue weighted by Crippen LogP contribution is -2.56. The minimum Gasteiger partial charge on any atom is -0.273 e. The highest BCUT2D eigenvalue weighted by Crippen LogP contribution is 2.12. The fraction of sp³-hybridized carbons (Fsp3) is 0.444. The lowest BCUT2D eigenvalue weighted by atomic mass is 10.1. The molecule has 5 nitrogen and oxygen atoms in total. The van der Waals surface area contributed by atoms with E-state index in [0.29, 0.717) is 0 Å². The molecule has 0 aromatic heterocycles. The fourth-order valence-electron chi connectivity index (χ4n) is 1.27. The maximum atomic E-state index is 11.6. The zero-order valence-corrected chi connectivity index (χ0v) is 8.33. The third-order valence-corrected chi connectivity index (χ3v) is 1.94. The minimum absolute atomic E-state index is 0.0123. The maximum absolute atomic E-state index is 11.6. The molecule has 0 atom stereocenters. The molecule has 76 valence electrons. The van der Waals surface area contributed by atoms with Crippen molar-refractivity contribution in [2.24, 2.45) is 0 Å². The smallest absolute Gasteiger partial charge is 0.273 e. The number of barbiturate groups is 1. The maximum Gasteiger partial charge on any atom is 0.331 e. The Labute approximate surface area is 81.8 Å². The van der Waals surface area contributed by atoms with Crippen LogP contribution in [0.2, 0.25) is 0 Å². The zero-order valence-electron chi connectivity index (χ0n) is 8.33. The summed E-state index contributed by atoms with van der Waals surface area (Å²) >= 11 is 0. The highest BCUT2D eigenvalue weighted by Gasteiger charge is 2.36. The molecule has 0 aromatic rings. The van der Waals surface area contributed by atoms with Gasteiger partial charge in [0.15, 0.2) is 0 Å². The number of rotatable bonds is 1. The number of amides is 4. The number of carbonyl (C=O) groups is 3. The topological polar surface area (TPSA) is 66.5 Å². The van der Waals surface area contributed by atoms with E-state index in [1.165, 1.54) is 6.08 Å². The summed E-state index contributed by atoms with van der Waals surface area (Å²) in [7, 11) is 0. The van der Waals surface area contributed by atoms with Gasteiger partial charge in [-0.05, 0) is 20.8 Å². The van der Waals surface area contributed by atoms with Gasteiger partial charge >= 0.3 is 6.03 Å². The van der Waals surface area contributed by atoms with Crippen LogP contribution in [-0.2, 0) is 9.59 Å². The quantitative estimate of drug-likeness (QED) is 0.488. The molecule has 0 radical (unpaired) electrons. The van der Waals surface area contributed by atoms with Gasteiger partial charge in [0.1, 0.15) is 5.57 Å². The summed E-state index contributed by atoms with van der Waals surface area (Å²) < 4.78 is 0. The van der Waals surface area contributed by atoms with E-state index in [9.17, 15) is 14.4 Å². The van der Waals surface area contributed by atoms with E-state index >= 15 is 0 Å². The van der Waals surface area contributed by atoms with E-state index in [2.05, 4.69) is 5.32 Å². The average molecular weight is 196 g/mol. The molecule has 0 spiro atoms. The van der Waals surface area contributed by atoms with Gasteiger partial charge in [-0.25, -0.2) is 4.79 Å². The largest absolute Gasteiger partial charge is 0.331 e. The average Bonchev–Trinajstić information content (AvgIpc) is 2.02. The highest BCUT2D eigenvalue weighted by molar-refractivity contribution is 6.28. The van der Waals surface area contributed by atoms with Crippen molar-refractivity contribution in [1.82, 2.24) is 10.2 Å². The molecule has 1 fully saturated rings. The Hall–Kier alpha value is -1.65. The summed E-state index contributed by atoms with van der Waals surface area (Å²) in [4.78, 5) is 35.0. The van der Waals surface area contributed by atoms with E-state index in [0.717, 1.165) is 4.90 Å². The van der Waals surface area contributed by atoms with Crippen LogP contribution in [0.3, 0.4) is 0 Å². The molecule has 1 aliphatic rings. The van der Waals surface area contributed by atoms with Crippen molar-refractivity contribution >= 4 is 17.8 Å². The summed E-state index contributed by atoms with van der Waals surface area (Å²) in [5.74, 6) is -1.16. The van der Waals surface area contributed by atoms with Gasteiger partial charge in [0, 0.05) is 6.04 Å². The van der Waals surface area contributed by atoms with E-state index in [1.807, 2.05) is 0 Å². The second-order valence-corrected chi connectivity index (χ2v) is 3.23. The number of urea groups is 1. The van der Waals surface area contributed by atoms with E-state index in [4.69, 9.17) is 0 Å². The normalized spacial score (nSPS) is 20.7. The Morgan fingerprint density at radius 3 is 2.29 bits per heavy atom. The van der Waals surface area contributed by atoms with Gasteiger partial charge in [-0.1, -0.05) is 6.08 Å². The van der Waals surface area contributed by atoms with E-state index in [1.54, 1.807) is 20.8 Å². The minimum atomic E-state index is -0.652. The van der Waals surface area contributed by atoms with Crippen LogP contribution in [0.5, 0.6) is 0 Å². The Morgan fingerprint density at radius 2 is 1.86 bits per heavy atom. The van der Waals surface area contributed by atoms with E-state index < -0.39 is 17.8 Å². The van der Waals surface area contributed by atoms with Crippen LogP contribution in [0.1, 0.15) is 20.8 Å². The Bertz CT molecular complexity index is 331. The summed E-state index contributed by atoms with van der Waals surface area (Å²) in [5.41, 5.74) is 0.0123. The molecule has 1 N–H and O–H groups in total. The molecule has 1 saturated heterocycles. The molecule has 1 heterocycles. The lowest BCUT2D eigenvalue weighted by Gasteiger charge is -2.29. The summed E-state index contributed by atoms with van der Waals surface area (Å²) in [6.07, 6.45) is 1.40. The van der Waals surface area contributed by atoms with Gasteiger partial charge in [0.05, 0.1) is 0 Å². The molecule has 1 aliphatic heterocycles. The second-order valence-electron chi connectivity index (χ2n) is 3.23. The van der Waals surface area contributed by atoms with Gasteiger partial charge < -0.3 is 0 Å². The van der Waals surface area contributed by atoms with Crippen LogP contribution in [0, 0.1) is 0 Å². The van der Waals surface area contributed by atoms with Gasteiger partial charge in [0.2, 0.25) is 0 Å². The fourth-order valence-corrected chi connectivity index (χ4v) is 1.27. The third-order valence-electron chi connectivity index (χ3n) is 1.94. The van der Waals surface area contributed by atoms with Crippen molar-refractivity contribution in [3.05, 3.63) is 11.6 Å². The molecule has 0 saturated carbocycles. The van der Waals surface area contributed by atoms with Crippen LogP contribution in [0.15, 0.2) is 11.6 Å². The Morgan fingerprint density at radius 1 is 1.29 bits per heavy atom. The van der Waals surface area contributed by atoms with Crippen LogP contribution in [0.4, 0.5) is 4.79 Å². The summed E-state index contributed by atoms with van der Waals surface area (Å²) in [6.45, 7) is 5.00. The summed E-state index contributed by atoms with van der Waals surface area (Å²) in [5, 5.41) is 2.10. The molecule has 1 rings (SSSR count). The first-order valence-electron chi connectivity index (χ1n) is 4.34. The number of imide groups is 2. The number of carbonyl (C=O) groups excluding carboxylic acids is 3. The molecule has 0 unspecified atom stereocenters. The molecular formula is C9H12N2O3. The number of hydrogen-bond acceptors (Lipinski definition) is 3. The van der Waals surface area contributed by atoms with Gasteiger partial charge in [0.25, 0.3) is 11.8 Å². The van der Waals surface area contributed by atoms with Crippen molar-refractivity contribution in [3.8, 4) is 0 Å². The molecule has 0 aliphatic carbocycles. The second kappa shape index (κ2) is 3.61. The molecule has 0 aromatic carbocycles. The standard InChI is InChI=1S/C9H12N2O3/c1-4-6-7(12)10-9(14)11(5(2)3)8(6)13/h4-5H,1-3H3,(H,10,12,14)/b6-4-. The Balaban J connectivity index is 3.07. The monoisotopic (exact) mass is 196 g/mol. The lowest BCUT2D eigenvalue weighted by molar-refractivity contribution is -0.131. The molecular weight excluding hydrogens is 184 g/mol. The zero-order chi connectivity index (χ0) is 10.9. The molecule has 5 heteroatoms. The molecule has 4 amide bonds. The molecule has 0 bridgehead atoms. The number of allylic oxidation sites excluding steroid dienone is 1.